The van der Waals surface area contributed by atoms with Gasteiger partial charge in [-0.05, 0) is 41.5 Å². The Hall–Kier alpha value is 0.220. The lowest BCUT2D eigenvalue weighted by atomic mass is 10.1. The maximum atomic E-state index is 12.4. The second-order valence-electron chi connectivity index (χ2n) is 5.87. The SMILES string of the molecule is CCN(CC)C(=O)[C@](C)(Cl)CSSC[C@@](C)(Cl)C(=O)N(CC)CC. The lowest BCUT2D eigenvalue weighted by Crippen LogP contribution is -2.45. The van der Waals surface area contributed by atoms with E-state index >= 15 is 0 Å². The van der Waals surface area contributed by atoms with Crippen molar-refractivity contribution in [2.24, 2.45) is 0 Å². The van der Waals surface area contributed by atoms with Crippen LogP contribution in [0.2, 0.25) is 0 Å². The van der Waals surface area contributed by atoms with Crippen LogP contribution in [0.1, 0.15) is 41.5 Å². The number of amides is 2. The van der Waals surface area contributed by atoms with Gasteiger partial charge in [0.25, 0.3) is 0 Å². The predicted octanol–water partition coefficient (Wildman–Crippen LogP) is 4.10. The highest BCUT2D eigenvalue weighted by atomic mass is 35.5. The first-order valence-corrected chi connectivity index (χ1v) is 11.5. The third-order valence-corrected chi connectivity index (χ3v) is 7.41. The van der Waals surface area contributed by atoms with Gasteiger partial charge in [-0.2, -0.15) is 0 Å². The summed E-state index contributed by atoms with van der Waals surface area (Å²) in [6, 6.07) is 0. The second-order valence-corrected chi connectivity index (χ2v) is 10.0. The first-order valence-electron chi connectivity index (χ1n) is 8.28. The van der Waals surface area contributed by atoms with Crippen LogP contribution in [0.4, 0.5) is 0 Å². The highest BCUT2D eigenvalue weighted by Crippen LogP contribution is 2.35. The Kier molecular flexibility index (Phi) is 11.1. The number of rotatable bonds is 11. The highest BCUT2D eigenvalue weighted by Gasteiger charge is 2.36. The van der Waals surface area contributed by atoms with Crippen molar-refractivity contribution >= 4 is 56.6 Å². The van der Waals surface area contributed by atoms with Crippen molar-refractivity contribution in [3.05, 3.63) is 0 Å². The number of carbonyl (C=O) groups is 2. The lowest BCUT2D eigenvalue weighted by molar-refractivity contribution is -0.133. The van der Waals surface area contributed by atoms with E-state index in [-0.39, 0.29) is 11.8 Å². The topological polar surface area (TPSA) is 40.6 Å². The van der Waals surface area contributed by atoms with E-state index < -0.39 is 9.75 Å². The van der Waals surface area contributed by atoms with Gasteiger partial charge < -0.3 is 9.80 Å². The molecule has 0 saturated heterocycles. The molecule has 0 aliphatic carbocycles. The van der Waals surface area contributed by atoms with Crippen LogP contribution in [-0.4, -0.2) is 69.0 Å². The summed E-state index contributed by atoms with van der Waals surface area (Å²) in [5.74, 6) is 0.798. The Bertz CT molecular complexity index is 375. The summed E-state index contributed by atoms with van der Waals surface area (Å²) >= 11 is 12.8. The molecule has 0 heterocycles. The van der Waals surface area contributed by atoms with Crippen molar-refractivity contribution < 1.29 is 9.59 Å². The summed E-state index contributed by atoms with van der Waals surface area (Å²) in [4.78, 5) is 26.3. The molecule has 0 bridgehead atoms. The molecule has 8 heteroatoms. The fourth-order valence-corrected chi connectivity index (χ4v) is 5.83. The smallest absolute Gasteiger partial charge is 0.244 e. The summed E-state index contributed by atoms with van der Waals surface area (Å²) in [7, 11) is 2.96. The van der Waals surface area contributed by atoms with Crippen molar-refractivity contribution in [3.8, 4) is 0 Å². The van der Waals surface area contributed by atoms with Gasteiger partial charge in [0, 0.05) is 37.7 Å². The Morgan fingerprint density at radius 2 is 1.00 bits per heavy atom. The van der Waals surface area contributed by atoms with Crippen LogP contribution in [0.25, 0.3) is 0 Å². The van der Waals surface area contributed by atoms with Crippen molar-refractivity contribution in [3.63, 3.8) is 0 Å². The molecule has 24 heavy (non-hydrogen) atoms. The minimum absolute atomic E-state index is 0.0601. The summed E-state index contributed by atoms with van der Waals surface area (Å²) in [6.07, 6.45) is 0. The molecule has 0 aromatic heterocycles. The maximum absolute atomic E-state index is 12.4. The van der Waals surface area contributed by atoms with Gasteiger partial charge >= 0.3 is 0 Å². The van der Waals surface area contributed by atoms with Gasteiger partial charge in [0.05, 0.1) is 0 Å². The van der Waals surface area contributed by atoms with Gasteiger partial charge in [-0.15, -0.1) is 23.2 Å². The van der Waals surface area contributed by atoms with Crippen LogP contribution in [0.3, 0.4) is 0 Å². The summed E-state index contributed by atoms with van der Waals surface area (Å²) in [5.41, 5.74) is 0. The zero-order chi connectivity index (χ0) is 19.0. The minimum Gasteiger partial charge on any atom is -0.342 e. The summed E-state index contributed by atoms with van der Waals surface area (Å²) < 4.78 is 0. The molecule has 0 aliphatic rings. The van der Waals surface area contributed by atoms with Crippen LogP contribution in [0.15, 0.2) is 0 Å². The fraction of sp³-hybridized carbons (Fsp3) is 0.875. The van der Waals surface area contributed by atoms with E-state index in [1.54, 1.807) is 23.6 Å². The third-order valence-electron chi connectivity index (χ3n) is 3.74. The van der Waals surface area contributed by atoms with Crippen molar-refractivity contribution in [1.29, 1.82) is 0 Å². The number of alkyl halides is 2. The van der Waals surface area contributed by atoms with Crippen LogP contribution in [-0.2, 0) is 9.59 Å². The van der Waals surface area contributed by atoms with E-state index in [1.807, 2.05) is 27.7 Å². The van der Waals surface area contributed by atoms with Gasteiger partial charge in [-0.3, -0.25) is 9.59 Å². The highest BCUT2D eigenvalue weighted by molar-refractivity contribution is 8.76. The molecule has 0 fully saturated rings. The second kappa shape index (κ2) is 11.0. The lowest BCUT2D eigenvalue weighted by Gasteiger charge is -2.30. The summed E-state index contributed by atoms with van der Waals surface area (Å²) in [6.45, 7) is 13.8. The van der Waals surface area contributed by atoms with Gasteiger partial charge in [0.15, 0.2) is 0 Å². The normalized spacial score (nSPS) is 16.2. The van der Waals surface area contributed by atoms with Gasteiger partial charge in [-0.25, -0.2) is 0 Å². The maximum Gasteiger partial charge on any atom is 0.244 e. The molecule has 0 spiro atoms. The predicted molar refractivity (Wildman–Crippen MR) is 109 cm³/mol. The molecular weight excluding hydrogens is 387 g/mol. The van der Waals surface area contributed by atoms with E-state index in [0.29, 0.717) is 37.7 Å². The van der Waals surface area contributed by atoms with Crippen LogP contribution in [0.5, 0.6) is 0 Å². The number of nitrogens with zero attached hydrogens (tertiary/aromatic N) is 2. The van der Waals surface area contributed by atoms with Gasteiger partial charge in [-0.1, -0.05) is 21.6 Å². The fourth-order valence-electron chi connectivity index (χ4n) is 2.11. The largest absolute Gasteiger partial charge is 0.342 e. The molecule has 4 nitrogen and oxygen atoms in total. The zero-order valence-corrected chi connectivity index (χ0v) is 18.7. The molecule has 142 valence electrons. The van der Waals surface area contributed by atoms with E-state index in [0.717, 1.165) is 0 Å². The van der Waals surface area contributed by atoms with Gasteiger partial charge in [0.1, 0.15) is 9.75 Å². The van der Waals surface area contributed by atoms with E-state index in [9.17, 15) is 9.59 Å². The van der Waals surface area contributed by atoms with Crippen molar-refractivity contribution in [2.75, 3.05) is 37.7 Å². The average molecular weight is 417 g/mol. The molecule has 0 radical (unpaired) electrons. The number of halogens is 2. The molecule has 0 rings (SSSR count). The van der Waals surface area contributed by atoms with Crippen molar-refractivity contribution in [1.82, 2.24) is 9.80 Å². The van der Waals surface area contributed by atoms with Crippen LogP contribution in [0, 0.1) is 0 Å². The standard InChI is InChI=1S/C16H30Cl2N2O2S2/c1-7-19(8-2)13(21)15(5,17)11-23-24-12-16(6,18)14(22)20(9-3)10-4/h7-12H2,1-6H3/t15-,16-/m1/s1. The first-order chi connectivity index (χ1) is 11.1. The zero-order valence-electron chi connectivity index (χ0n) is 15.5. The summed E-state index contributed by atoms with van der Waals surface area (Å²) in [5, 5.41) is 0. The molecule has 0 N–H and O–H groups in total. The average Bonchev–Trinajstić information content (AvgIpc) is 2.53. The van der Waals surface area contributed by atoms with Gasteiger partial charge in [0.2, 0.25) is 11.8 Å². The molecular formula is C16H30Cl2N2O2S2. The first kappa shape index (κ1) is 24.2. The Labute approximate surface area is 164 Å². The number of carbonyl (C=O) groups excluding carboxylic acids is 2. The third kappa shape index (κ3) is 7.22. The minimum atomic E-state index is -0.949. The Balaban J connectivity index is 4.51. The molecule has 2 amide bonds. The molecule has 0 aromatic carbocycles. The van der Waals surface area contributed by atoms with E-state index in [2.05, 4.69) is 0 Å². The van der Waals surface area contributed by atoms with E-state index in [1.165, 1.54) is 21.6 Å². The molecule has 0 aliphatic heterocycles. The monoisotopic (exact) mass is 416 g/mol. The Morgan fingerprint density at radius 3 is 1.21 bits per heavy atom. The van der Waals surface area contributed by atoms with Crippen LogP contribution >= 0.6 is 44.8 Å². The Morgan fingerprint density at radius 1 is 0.750 bits per heavy atom. The molecule has 0 aromatic rings. The molecule has 2 atom stereocenters. The van der Waals surface area contributed by atoms with Crippen LogP contribution < -0.4 is 0 Å². The number of hydrogen-bond donors (Lipinski definition) is 0. The quantitative estimate of drug-likeness (QED) is 0.288. The van der Waals surface area contributed by atoms with E-state index in [4.69, 9.17) is 23.2 Å². The van der Waals surface area contributed by atoms with Crippen molar-refractivity contribution in [2.45, 2.75) is 51.3 Å². The molecule has 0 unspecified atom stereocenters. The number of hydrogen-bond acceptors (Lipinski definition) is 4. The molecule has 0 saturated carbocycles.